The van der Waals surface area contributed by atoms with Crippen molar-refractivity contribution in [2.75, 3.05) is 0 Å². The molecule has 2 aromatic heterocycles. The highest BCUT2D eigenvalue weighted by atomic mass is 15.0. The van der Waals surface area contributed by atoms with Crippen LogP contribution in [0, 0.1) is 6.57 Å². The van der Waals surface area contributed by atoms with E-state index < -0.39 is 0 Å². The number of fused-ring (bicyclic) bond motifs is 9. The van der Waals surface area contributed by atoms with E-state index in [2.05, 4.69) is 129 Å². The first-order valence-corrected chi connectivity index (χ1v) is 13.9. The van der Waals surface area contributed by atoms with Crippen LogP contribution in [0.25, 0.3) is 71.0 Å². The van der Waals surface area contributed by atoms with Gasteiger partial charge in [-0.3, -0.25) is 0 Å². The summed E-state index contributed by atoms with van der Waals surface area (Å²) >= 11 is 0. The Balaban J connectivity index is 1.37. The van der Waals surface area contributed by atoms with Gasteiger partial charge in [0.25, 0.3) is 0 Å². The number of benzene rings is 6. The summed E-state index contributed by atoms with van der Waals surface area (Å²) < 4.78 is 4.72. The summed E-state index contributed by atoms with van der Waals surface area (Å²) in [5.74, 6) is 0. The molecule has 0 aliphatic heterocycles. The summed E-state index contributed by atoms with van der Waals surface area (Å²) in [7, 11) is 0. The summed E-state index contributed by atoms with van der Waals surface area (Å²) in [6, 6.07) is 45.7. The van der Waals surface area contributed by atoms with Gasteiger partial charge in [0.2, 0.25) is 0 Å². The highest BCUT2D eigenvalue weighted by Gasteiger charge is 2.21. The van der Waals surface area contributed by atoms with Gasteiger partial charge < -0.3 is 9.13 Å². The topological polar surface area (TPSA) is 14.2 Å². The second-order valence-corrected chi connectivity index (χ2v) is 10.9. The number of nitrogens with zero attached hydrogens (tertiary/aromatic N) is 3. The van der Waals surface area contributed by atoms with Crippen LogP contribution in [0.4, 0.5) is 5.69 Å². The smallest absolute Gasteiger partial charge is 0.189 e. The molecule has 3 heteroatoms. The van der Waals surface area contributed by atoms with E-state index >= 15 is 0 Å². The van der Waals surface area contributed by atoms with Crippen LogP contribution in [0.3, 0.4) is 0 Å². The van der Waals surface area contributed by atoms with E-state index in [4.69, 9.17) is 6.57 Å². The Bertz CT molecular complexity index is 2360. The molecule has 1 aliphatic carbocycles. The van der Waals surface area contributed by atoms with Gasteiger partial charge in [0.05, 0.1) is 23.1 Å². The highest BCUT2D eigenvalue weighted by Crippen LogP contribution is 2.41. The van der Waals surface area contributed by atoms with E-state index in [1.165, 1.54) is 49.4 Å². The van der Waals surface area contributed by atoms with Crippen LogP contribution in [-0.2, 0) is 6.42 Å². The van der Waals surface area contributed by atoms with E-state index in [0.29, 0.717) is 5.69 Å². The van der Waals surface area contributed by atoms with Gasteiger partial charge in [0, 0.05) is 38.4 Å². The van der Waals surface area contributed by atoms with Crippen LogP contribution < -0.4 is 0 Å². The average molecular weight is 522 g/mol. The van der Waals surface area contributed by atoms with Crippen molar-refractivity contribution in [1.82, 2.24) is 9.13 Å². The summed E-state index contributed by atoms with van der Waals surface area (Å²) in [5.41, 5.74) is 12.8. The summed E-state index contributed by atoms with van der Waals surface area (Å²) in [6.07, 6.45) is 0.971. The Morgan fingerprint density at radius 2 is 1.02 bits per heavy atom. The van der Waals surface area contributed by atoms with Gasteiger partial charge in [-0.1, -0.05) is 84.9 Å². The minimum atomic E-state index is 0.649. The van der Waals surface area contributed by atoms with Crippen LogP contribution in [0.2, 0.25) is 0 Å². The maximum Gasteiger partial charge on any atom is 0.189 e. The summed E-state index contributed by atoms with van der Waals surface area (Å²) in [5, 5.41) is 4.84. The van der Waals surface area contributed by atoms with Gasteiger partial charge in [-0.2, -0.15) is 0 Å². The first-order chi connectivity index (χ1) is 20.3. The highest BCUT2D eigenvalue weighted by molar-refractivity contribution is 6.12. The predicted molar refractivity (Wildman–Crippen MR) is 170 cm³/mol. The first kappa shape index (κ1) is 22.2. The third-order valence-corrected chi connectivity index (χ3v) is 8.74. The Morgan fingerprint density at radius 3 is 1.80 bits per heavy atom. The Labute approximate surface area is 236 Å². The van der Waals surface area contributed by atoms with Crippen molar-refractivity contribution >= 4 is 49.3 Å². The Kier molecular flexibility index (Phi) is 4.45. The molecule has 0 unspecified atom stereocenters. The van der Waals surface area contributed by atoms with E-state index in [0.717, 1.165) is 34.2 Å². The zero-order valence-corrected chi connectivity index (χ0v) is 22.2. The van der Waals surface area contributed by atoms with Gasteiger partial charge in [0.15, 0.2) is 5.69 Å². The first-order valence-electron chi connectivity index (χ1n) is 13.9. The molecule has 0 saturated heterocycles. The molecule has 1 aliphatic rings. The fourth-order valence-electron chi connectivity index (χ4n) is 6.93. The average Bonchev–Trinajstić information content (AvgIpc) is 3.67. The number of aromatic nitrogens is 2. The minimum absolute atomic E-state index is 0.649. The second-order valence-electron chi connectivity index (χ2n) is 10.9. The Morgan fingerprint density at radius 1 is 0.463 bits per heavy atom. The van der Waals surface area contributed by atoms with Crippen molar-refractivity contribution < 1.29 is 0 Å². The molecule has 190 valence electrons. The third-order valence-electron chi connectivity index (χ3n) is 8.74. The summed E-state index contributed by atoms with van der Waals surface area (Å²) in [4.78, 5) is 3.77. The van der Waals surface area contributed by atoms with Gasteiger partial charge in [0.1, 0.15) is 0 Å². The molecule has 0 radical (unpaired) electrons. The lowest BCUT2D eigenvalue weighted by molar-refractivity contribution is 1.15. The van der Waals surface area contributed by atoms with Gasteiger partial charge in [-0.05, 0) is 71.1 Å². The normalized spacial score (nSPS) is 12.3. The van der Waals surface area contributed by atoms with Crippen molar-refractivity contribution in [3.05, 3.63) is 150 Å². The lowest BCUT2D eigenvalue weighted by atomic mass is 10.1. The molecule has 0 bridgehead atoms. The molecule has 0 atom stereocenters. The number of hydrogen-bond donors (Lipinski definition) is 0. The van der Waals surface area contributed by atoms with Crippen molar-refractivity contribution in [2.45, 2.75) is 6.42 Å². The maximum atomic E-state index is 7.70. The minimum Gasteiger partial charge on any atom is -0.310 e. The van der Waals surface area contributed by atoms with E-state index in [1.54, 1.807) is 0 Å². The van der Waals surface area contributed by atoms with Gasteiger partial charge >= 0.3 is 0 Å². The van der Waals surface area contributed by atoms with E-state index in [1.807, 2.05) is 12.1 Å². The third kappa shape index (κ3) is 3.08. The zero-order chi connectivity index (χ0) is 27.1. The lowest BCUT2D eigenvalue weighted by Gasteiger charge is -2.13. The monoisotopic (exact) mass is 521 g/mol. The number of hydrogen-bond acceptors (Lipinski definition) is 0. The second kappa shape index (κ2) is 8.21. The molecular formula is C38H23N3. The number of rotatable bonds is 2. The van der Waals surface area contributed by atoms with Crippen molar-refractivity contribution in [3.63, 3.8) is 0 Å². The van der Waals surface area contributed by atoms with Crippen molar-refractivity contribution in [1.29, 1.82) is 0 Å². The molecule has 0 amide bonds. The lowest BCUT2D eigenvalue weighted by Crippen LogP contribution is -1.97. The van der Waals surface area contributed by atoms with Crippen LogP contribution in [0.1, 0.15) is 11.1 Å². The van der Waals surface area contributed by atoms with Crippen LogP contribution in [0.5, 0.6) is 0 Å². The maximum absolute atomic E-state index is 7.70. The number of para-hydroxylation sites is 2. The zero-order valence-electron chi connectivity index (χ0n) is 22.2. The van der Waals surface area contributed by atoms with Crippen LogP contribution >= 0.6 is 0 Å². The fourth-order valence-corrected chi connectivity index (χ4v) is 6.93. The standard InChI is InChI=1S/C38H23N3/c1-39-26-15-18-32-33-19-17-28(40-35-12-6-4-10-30(35)31-11-5-7-13-36(31)40)23-38(33)41(37(32)21-26)27-16-14-25-20-24-8-2-3-9-29(24)34(25)22-27/h2-19,21-23H,20H2. The fraction of sp³-hybridized carbons (Fsp3) is 0.0263. The molecule has 6 aromatic carbocycles. The van der Waals surface area contributed by atoms with E-state index in [9.17, 15) is 0 Å². The molecular weight excluding hydrogens is 498 g/mol. The molecule has 41 heavy (non-hydrogen) atoms. The molecule has 0 saturated carbocycles. The molecule has 2 heterocycles. The Hall–Kier alpha value is -5.59. The quantitative estimate of drug-likeness (QED) is 0.201. The van der Waals surface area contributed by atoms with Crippen molar-refractivity contribution in [3.8, 4) is 22.5 Å². The van der Waals surface area contributed by atoms with Gasteiger partial charge in [-0.25, -0.2) is 4.85 Å². The van der Waals surface area contributed by atoms with Crippen LogP contribution in [-0.4, -0.2) is 9.13 Å². The summed E-state index contributed by atoms with van der Waals surface area (Å²) in [6.45, 7) is 7.70. The van der Waals surface area contributed by atoms with Gasteiger partial charge in [-0.15, -0.1) is 0 Å². The van der Waals surface area contributed by atoms with Crippen LogP contribution in [0.15, 0.2) is 127 Å². The molecule has 0 fully saturated rings. The molecule has 9 rings (SSSR count). The largest absolute Gasteiger partial charge is 0.310 e. The SMILES string of the molecule is [C-]#[N+]c1ccc2c3ccc(-n4c5ccccc5c5ccccc54)cc3n(-c3ccc4c(c3)-c3ccccc3C4)c2c1. The van der Waals surface area contributed by atoms with E-state index in [-0.39, 0.29) is 0 Å². The van der Waals surface area contributed by atoms with Crippen molar-refractivity contribution in [2.24, 2.45) is 0 Å². The molecule has 0 spiro atoms. The molecule has 0 N–H and O–H groups in total. The predicted octanol–water partition coefficient (Wildman–Crippen LogP) is 10.0. The molecule has 8 aromatic rings. The molecule has 3 nitrogen and oxygen atoms in total.